The summed E-state index contributed by atoms with van der Waals surface area (Å²) in [5.74, 6) is -2.96. The molecule has 0 aliphatic carbocycles. The van der Waals surface area contributed by atoms with Crippen LogP contribution in [0.3, 0.4) is 0 Å². The average Bonchev–Trinajstić information content (AvgIpc) is 2.52. The molecule has 0 unspecified atom stereocenters. The van der Waals surface area contributed by atoms with Gasteiger partial charge in [-0.05, 0) is 29.8 Å². The Kier molecular flexibility index (Phi) is 5.35. The third-order valence-corrected chi connectivity index (χ3v) is 3.13. The zero-order valence-electron chi connectivity index (χ0n) is 12.4. The number of nitrogens with one attached hydrogen (secondary N) is 1. The van der Waals surface area contributed by atoms with E-state index in [4.69, 9.17) is 0 Å². The number of amides is 2. The first-order chi connectivity index (χ1) is 11.0. The van der Waals surface area contributed by atoms with Crippen molar-refractivity contribution in [1.82, 2.24) is 10.3 Å². The second-order valence-corrected chi connectivity index (χ2v) is 4.81. The van der Waals surface area contributed by atoms with Crippen molar-refractivity contribution in [3.05, 3.63) is 59.9 Å². The number of nitrogens with zero attached hydrogens (tertiary/aromatic N) is 2. The summed E-state index contributed by atoms with van der Waals surface area (Å²) in [4.78, 5) is 28.2. The Morgan fingerprint density at radius 3 is 2.30 bits per heavy atom. The first-order valence-electron chi connectivity index (χ1n) is 6.86. The Labute approximate surface area is 131 Å². The van der Waals surface area contributed by atoms with Crippen molar-refractivity contribution < 1.29 is 18.4 Å². The van der Waals surface area contributed by atoms with Crippen molar-refractivity contribution in [3.63, 3.8) is 0 Å². The number of pyridine rings is 1. The molecule has 5 nitrogen and oxygen atoms in total. The van der Waals surface area contributed by atoms with Gasteiger partial charge in [-0.15, -0.1) is 0 Å². The standard InChI is InChI=1S/C16H15F2N3O2/c1-11(22)21(16-13(17)3-2-4-14(16)18)10-15(23)20-9-12-5-7-19-8-6-12/h2-8H,9-10H2,1H3,(H,20,23). The highest BCUT2D eigenvalue weighted by molar-refractivity contribution is 5.97. The number of halogens is 2. The van der Waals surface area contributed by atoms with E-state index < -0.39 is 35.7 Å². The predicted octanol–water partition coefficient (Wildman–Crippen LogP) is 2.03. The van der Waals surface area contributed by atoms with Crippen molar-refractivity contribution in [2.45, 2.75) is 13.5 Å². The summed E-state index contributed by atoms with van der Waals surface area (Å²) >= 11 is 0. The summed E-state index contributed by atoms with van der Waals surface area (Å²) in [5.41, 5.74) is 0.291. The molecule has 0 saturated carbocycles. The van der Waals surface area contributed by atoms with Gasteiger partial charge >= 0.3 is 0 Å². The molecule has 0 saturated heterocycles. The van der Waals surface area contributed by atoms with E-state index in [9.17, 15) is 18.4 Å². The number of para-hydroxylation sites is 1. The Morgan fingerprint density at radius 2 is 1.74 bits per heavy atom. The minimum atomic E-state index is -0.901. The lowest BCUT2D eigenvalue weighted by atomic mass is 10.2. The molecule has 1 N–H and O–H groups in total. The minimum absolute atomic E-state index is 0.229. The summed E-state index contributed by atoms with van der Waals surface area (Å²) < 4.78 is 27.6. The van der Waals surface area contributed by atoms with Crippen LogP contribution in [0.25, 0.3) is 0 Å². The van der Waals surface area contributed by atoms with Crippen molar-refractivity contribution in [3.8, 4) is 0 Å². The number of rotatable bonds is 5. The van der Waals surface area contributed by atoms with Gasteiger partial charge in [-0.1, -0.05) is 6.07 Å². The molecule has 0 bridgehead atoms. The normalized spacial score (nSPS) is 10.2. The van der Waals surface area contributed by atoms with Gasteiger partial charge in [-0.3, -0.25) is 19.5 Å². The molecule has 0 radical (unpaired) electrons. The predicted molar refractivity (Wildman–Crippen MR) is 80.5 cm³/mol. The van der Waals surface area contributed by atoms with E-state index in [0.717, 1.165) is 29.5 Å². The van der Waals surface area contributed by atoms with Crippen molar-refractivity contribution in [1.29, 1.82) is 0 Å². The van der Waals surface area contributed by atoms with Crippen LogP contribution in [0.2, 0.25) is 0 Å². The van der Waals surface area contributed by atoms with Gasteiger partial charge in [-0.2, -0.15) is 0 Å². The van der Waals surface area contributed by atoms with Crippen LogP contribution in [0.4, 0.5) is 14.5 Å². The fourth-order valence-electron chi connectivity index (χ4n) is 2.00. The molecule has 0 aliphatic heterocycles. The number of carbonyl (C=O) groups is 2. The highest BCUT2D eigenvalue weighted by Crippen LogP contribution is 2.23. The molecule has 2 aromatic rings. The number of hydrogen-bond acceptors (Lipinski definition) is 3. The molecule has 0 atom stereocenters. The summed E-state index contributed by atoms with van der Waals surface area (Å²) in [6.45, 7) is 0.896. The SMILES string of the molecule is CC(=O)N(CC(=O)NCc1ccncc1)c1c(F)cccc1F. The van der Waals surface area contributed by atoms with Gasteiger partial charge < -0.3 is 5.32 Å². The monoisotopic (exact) mass is 319 g/mol. The van der Waals surface area contributed by atoms with Crippen molar-refractivity contribution >= 4 is 17.5 Å². The summed E-state index contributed by atoms with van der Waals surface area (Å²) in [5, 5.41) is 2.59. The van der Waals surface area contributed by atoms with Crippen LogP contribution in [0.15, 0.2) is 42.7 Å². The highest BCUT2D eigenvalue weighted by atomic mass is 19.1. The Morgan fingerprint density at radius 1 is 1.13 bits per heavy atom. The van der Waals surface area contributed by atoms with E-state index in [2.05, 4.69) is 10.3 Å². The molecule has 120 valence electrons. The number of hydrogen-bond donors (Lipinski definition) is 1. The van der Waals surface area contributed by atoms with Crippen LogP contribution in [-0.2, 0) is 16.1 Å². The van der Waals surface area contributed by atoms with Crippen LogP contribution in [-0.4, -0.2) is 23.3 Å². The van der Waals surface area contributed by atoms with Gasteiger partial charge in [0.05, 0.1) is 0 Å². The molecule has 1 aromatic carbocycles. The van der Waals surface area contributed by atoms with Crippen molar-refractivity contribution in [2.75, 3.05) is 11.4 Å². The van der Waals surface area contributed by atoms with Crippen molar-refractivity contribution in [2.24, 2.45) is 0 Å². The molecule has 2 amide bonds. The third kappa shape index (κ3) is 4.32. The maximum absolute atomic E-state index is 13.8. The lowest BCUT2D eigenvalue weighted by molar-refractivity contribution is -0.123. The van der Waals surface area contributed by atoms with Gasteiger partial charge in [0.2, 0.25) is 11.8 Å². The van der Waals surface area contributed by atoms with E-state index in [1.54, 1.807) is 24.5 Å². The first-order valence-corrected chi connectivity index (χ1v) is 6.86. The van der Waals surface area contributed by atoms with Gasteiger partial charge in [0.25, 0.3) is 0 Å². The van der Waals surface area contributed by atoms with E-state index >= 15 is 0 Å². The third-order valence-electron chi connectivity index (χ3n) is 3.13. The van der Waals surface area contributed by atoms with Gasteiger partial charge in [0, 0.05) is 25.9 Å². The second kappa shape index (κ2) is 7.44. The molecule has 0 aliphatic rings. The van der Waals surface area contributed by atoms with E-state index in [-0.39, 0.29) is 6.54 Å². The smallest absolute Gasteiger partial charge is 0.240 e. The summed E-state index contributed by atoms with van der Waals surface area (Å²) in [6.07, 6.45) is 3.16. The number of benzene rings is 1. The van der Waals surface area contributed by atoms with Gasteiger partial charge in [-0.25, -0.2) is 8.78 Å². The van der Waals surface area contributed by atoms with Crippen LogP contribution < -0.4 is 10.2 Å². The first kappa shape index (κ1) is 16.5. The molecular weight excluding hydrogens is 304 g/mol. The topological polar surface area (TPSA) is 62.3 Å². The molecule has 0 fully saturated rings. The molecule has 2 rings (SSSR count). The van der Waals surface area contributed by atoms with Crippen LogP contribution in [0.5, 0.6) is 0 Å². The van der Waals surface area contributed by atoms with Gasteiger partial charge in [0.15, 0.2) is 0 Å². The number of anilines is 1. The lowest BCUT2D eigenvalue weighted by Crippen LogP contribution is -2.40. The molecular formula is C16H15F2N3O2. The fraction of sp³-hybridized carbons (Fsp3) is 0.188. The molecule has 0 spiro atoms. The summed E-state index contributed by atoms with van der Waals surface area (Å²) in [7, 11) is 0. The van der Waals surface area contributed by atoms with E-state index in [1.165, 1.54) is 6.07 Å². The maximum atomic E-state index is 13.8. The second-order valence-electron chi connectivity index (χ2n) is 4.81. The Hall–Kier alpha value is -2.83. The molecule has 7 heteroatoms. The molecule has 1 aromatic heterocycles. The van der Waals surface area contributed by atoms with E-state index in [0.29, 0.717) is 0 Å². The quantitative estimate of drug-likeness (QED) is 0.917. The zero-order valence-corrected chi connectivity index (χ0v) is 12.4. The fourth-order valence-corrected chi connectivity index (χ4v) is 2.00. The molecule has 23 heavy (non-hydrogen) atoms. The highest BCUT2D eigenvalue weighted by Gasteiger charge is 2.22. The molecule has 1 heterocycles. The van der Waals surface area contributed by atoms with Gasteiger partial charge in [0.1, 0.15) is 23.9 Å². The van der Waals surface area contributed by atoms with Crippen LogP contribution in [0.1, 0.15) is 12.5 Å². The largest absolute Gasteiger partial charge is 0.350 e. The maximum Gasteiger partial charge on any atom is 0.240 e. The Bertz CT molecular complexity index is 687. The van der Waals surface area contributed by atoms with Crippen LogP contribution >= 0.6 is 0 Å². The minimum Gasteiger partial charge on any atom is -0.350 e. The number of carbonyl (C=O) groups excluding carboxylic acids is 2. The number of aromatic nitrogens is 1. The van der Waals surface area contributed by atoms with Crippen LogP contribution in [0, 0.1) is 11.6 Å². The lowest BCUT2D eigenvalue weighted by Gasteiger charge is -2.21. The summed E-state index contributed by atoms with van der Waals surface area (Å²) in [6, 6.07) is 6.70. The average molecular weight is 319 g/mol. The zero-order chi connectivity index (χ0) is 16.8. The van der Waals surface area contributed by atoms with E-state index in [1.807, 2.05) is 0 Å². The Balaban J connectivity index is 2.08.